The molecule has 2 aliphatic heterocycles. The topological polar surface area (TPSA) is 86.6 Å². The monoisotopic (exact) mass is 534 g/mol. The summed E-state index contributed by atoms with van der Waals surface area (Å²) in [5, 5.41) is 9.72. The Hall–Kier alpha value is -2.75. The first-order valence-corrected chi connectivity index (χ1v) is 15.5. The van der Waals surface area contributed by atoms with Gasteiger partial charge in [-0.1, -0.05) is 19.9 Å². The second kappa shape index (κ2) is 9.77. The van der Waals surface area contributed by atoms with Gasteiger partial charge in [-0.15, -0.1) is 10.2 Å². The maximum absolute atomic E-state index is 12.1. The lowest BCUT2D eigenvalue weighted by molar-refractivity contribution is 0.201. The van der Waals surface area contributed by atoms with Crippen molar-refractivity contribution in [3.63, 3.8) is 0 Å². The van der Waals surface area contributed by atoms with Crippen molar-refractivity contribution in [3.05, 3.63) is 53.0 Å². The van der Waals surface area contributed by atoms with Gasteiger partial charge in [0, 0.05) is 42.3 Å². The van der Waals surface area contributed by atoms with E-state index in [0.29, 0.717) is 30.7 Å². The fourth-order valence-corrected chi connectivity index (χ4v) is 7.96. The molecule has 6 rings (SSSR count). The summed E-state index contributed by atoms with van der Waals surface area (Å²) in [7, 11) is -3.01. The SMILES string of the molecule is Cc1c(-c2[nH]c3ccc(C4CCN(CCN5CCCS5(=O)=O)CC4)cc3c2C(C)C)cn2cnnc2c1C. The van der Waals surface area contributed by atoms with Gasteiger partial charge in [-0.25, -0.2) is 12.7 Å². The van der Waals surface area contributed by atoms with Gasteiger partial charge < -0.3 is 9.88 Å². The van der Waals surface area contributed by atoms with Crippen molar-refractivity contribution in [1.29, 1.82) is 0 Å². The van der Waals surface area contributed by atoms with E-state index in [-0.39, 0.29) is 0 Å². The third-order valence-corrected chi connectivity index (χ3v) is 10.7. The summed E-state index contributed by atoms with van der Waals surface area (Å²) < 4.78 is 27.9. The summed E-state index contributed by atoms with van der Waals surface area (Å²) in [6.07, 6.45) is 6.90. The molecule has 2 aliphatic rings. The van der Waals surface area contributed by atoms with Gasteiger partial charge in [0.25, 0.3) is 0 Å². The Bertz CT molecular complexity index is 1590. The zero-order chi connectivity index (χ0) is 26.6. The average molecular weight is 535 g/mol. The van der Waals surface area contributed by atoms with Crippen LogP contribution in [0.25, 0.3) is 27.8 Å². The van der Waals surface area contributed by atoms with E-state index in [1.165, 1.54) is 38.9 Å². The number of hydrogen-bond acceptors (Lipinski definition) is 5. The van der Waals surface area contributed by atoms with Crippen LogP contribution in [-0.4, -0.2) is 75.7 Å². The molecule has 38 heavy (non-hydrogen) atoms. The minimum absolute atomic E-state index is 0.311. The molecule has 3 aromatic heterocycles. The number of aromatic amines is 1. The van der Waals surface area contributed by atoms with Crippen molar-refractivity contribution >= 4 is 26.6 Å². The van der Waals surface area contributed by atoms with E-state index < -0.39 is 10.0 Å². The van der Waals surface area contributed by atoms with Crippen LogP contribution < -0.4 is 0 Å². The molecule has 1 aromatic carbocycles. The van der Waals surface area contributed by atoms with Gasteiger partial charge in [0.2, 0.25) is 10.0 Å². The molecule has 8 nitrogen and oxygen atoms in total. The van der Waals surface area contributed by atoms with Crippen molar-refractivity contribution in [2.24, 2.45) is 0 Å². The maximum Gasteiger partial charge on any atom is 0.214 e. The second-order valence-corrected chi connectivity index (χ2v) is 13.5. The van der Waals surface area contributed by atoms with Crippen LogP contribution in [0.2, 0.25) is 0 Å². The van der Waals surface area contributed by atoms with Gasteiger partial charge in [-0.3, -0.25) is 4.40 Å². The molecule has 0 radical (unpaired) electrons. The Morgan fingerprint density at radius 3 is 2.58 bits per heavy atom. The van der Waals surface area contributed by atoms with Crippen molar-refractivity contribution < 1.29 is 8.42 Å². The molecule has 202 valence electrons. The zero-order valence-electron chi connectivity index (χ0n) is 22.9. The molecule has 0 saturated carbocycles. The summed E-state index contributed by atoms with van der Waals surface area (Å²) in [5.74, 6) is 1.21. The second-order valence-electron chi connectivity index (χ2n) is 11.4. The number of aryl methyl sites for hydroxylation is 1. The molecule has 0 spiro atoms. The minimum atomic E-state index is -3.01. The van der Waals surface area contributed by atoms with Gasteiger partial charge in [-0.2, -0.15) is 0 Å². The lowest BCUT2D eigenvalue weighted by atomic mass is 9.87. The smallest absolute Gasteiger partial charge is 0.214 e. The van der Waals surface area contributed by atoms with E-state index in [1.807, 2.05) is 4.40 Å². The number of likely N-dealkylation sites (tertiary alicyclic amines) is 1. The number of pyridine rings is 1. The van der Waals surface area contributed by atoms with E-state index >= 15 is 0 Å². The lowest BCUT2D eigenvalue weighted by Gasteiger charge is -2.33. The van der Waals surface area contributed by atoms with Gasteiger partial charge in [0.15, 0.2) is 5.65 Å². The van der Waals surface area contributed by atoms with Crippen LogP contribution in [0.4, 0.5) is 0 Å². The first kappa shape index (κ1) is 25.5. The molecule has 2 fully saturated rings. The van der Waals surface area contributed by atoms with Crippen LogP contribution in [0.3, 0.4) is 0 Å². The molecule has 4 aromatic rings. The highest BCUT2D eigenvalue weighted by Gasteiger charge is 2.29. The molecule has 9 heteroatoms. The number of nitrogens with one attached hydrogen (secondary N) is 1. The predicted molar refractivity (Wildman–Crippen MR) is 152 cm³/mol. The van der Waals surface area contributed by atoms with Crippen molar-refractivity contribution in [3.8, 4) is 11.3 Å². The third-order valence-electron chi connectivity index (χ3n) is 8.78. The fraction of sp³-hybridized carbons (Fsp3) is 0.517. The Balaban J connectivity index is 1.24. The number of rotatable bonds is 6. The number of benzene rings is 1. The minimum Gasteiger partial charge on any atom is -0.354 e. The molecular formula is C29H38N6O2S. The standard InChI is InChI=1S/C29H38N6O2S/c1-19(2)27-24-16-23(22-8-11-33(12-9-22)13-14-35-10-5-15-38(35,36)37)6-7-26(24)31-28(27)25-17-34-18-30-32-29(34)21(4)20(25)3/h6-7,16-19,22,31H,5,8-15H2,1-4H3. The van der Waals surface area contributed by atoms with Crippen LogP contribution in [0.1, 0.15) is 67.2 Å². The van der Waals surface area contributed by atoms with Crippen LogP contribution in [-0.2, 0) is 10.0 Å². The third kappa shape index (κ3) is 4.44. The van der Waals surface area contributed by atoms with Crippen molar-refractivity contribution in [1.82, 2.24) is 28.8 Å². The van der Waals surface area contributed by atoms with E-state index in [0.717, 1.165) is 50.1 Å². The summed E-state index contributed by atoms with van der Waals surface area (Å²) in [5.41, 5.74) is 9.63. The maximum atomic E-state index is 12.1. The first-order valence-electron chi connectivity index (χ1n) is 13.9. The van der Waals surface area contributed by atoms with Gasteiger partial charge in [0.05, 0.1) is 11.4 Å². The largest absolute Gasteiger partial charge is 0.354 e. The molecule has 2 saturated heterocycles. The highest BCUT2D eigenvalue weighted by atomic mass is 32.2. The summed E-state index contributed by atoms with van der Waals surface area (Å²) in [6, 6.07) is 6.97. The Morgan fingerprint density at radius 1 is 1.08 bits per heavy atom. The van der Waals surface area contributed by atoms with Gasteiger partial charge in [-0.05, 0) is 92.4 Å². The number of piperidine rings is 1. The highest BCUT2D eigenvalue weighted by Crippen LogP contribution is 2.40. The fourth-order valence-electron chi connectivity index (χ4n) is 6.44. The zero-order valence-corrected chi connectivity index (χ0v) is 23.7. The Labute approximate surface area is 225 Å². The molecule has 0 amide bonds. The normalized spacial score (nSPS) is 19.4. The van der Waals surface area contributed by atoms with Crippen molar-refractivity contribution in [2.45, 2.75) is 58.8 Å². The average Bonchev–Trinajstić information content (AvgIpc) is 3.61. The van der Waals surface area contributed by atoms with E-state index in [1.54, 1.807) is 10.6 Å². The Kier molecular flexibility index (Phi) is 6.56. The quantitative estimate of drug-likeness (QED) is 0.383. The lowest BCUT2D eigenvalue weighted by Crippen LogP contribution is -2.39. The van der Waals surface area contributed by atoms with Crippen LogP contribution in [0.15, 0.2) is 30.7 Å². The van der Waals surface area contributed by atoms with Gasteiger partial charge >= 0.3 is 0 Å². The molecule has 0 unspecified atom stereocenters. The summed E-state index contributed by atoms with van der Waals surface area (Å²) in [4.78, 5) is 6.19. The van der Waals surface area contributed by atoms with Crippen LogP contribution in [0, 0.1) is 13.8 Å². The van der Waals surface area contributed by atoms with Crippen LogP contribution in [0.5, 0.6) is 0 Å². The number of nitrogens with zero attached hydrogens (tertiary/aromatic N) is 5. The molecule has 5 heterocycles. The molecule has 0 atom stereocenters. The molecule has 0 bridgehead atoms. The Morgan fingerprint density at radius 2 is 1.87 bits per heavy atom. The molecular weight excluding hydrogens is 496 g/mol. The number of H-pyrrole nitrogens is 1. The number of aromatic nitrogens is 4. The number of hydrogen-bond donors (Lipinski definition) is 1. The van der Waals surface area contributed by atoms with Crippen molar-refractivity contribution in [2.75, 3.05) is 38.5 Å². The van der Waals surface area contributed by atoms with Crippen LogP contribution >= 0.6 is 0 Å². The van der Waals surface area contributed by atoms with Gasteiger partial charge in [0.1, 0.15) is 6.33 Å². The molecule has 1 N–H and O–H groups in total. The van der Waals surface area contributed by atoms with E-state index in [2.05, 4.69) is 72.2 Å². The number of sulfonamides is 1. The summed E-state index contributed by atoms with van der Waals surface area (Å²) in [6.45, 7) is 13.0. The predicted octanol–water partition coefficient (Wildman–Crippen LogP) is 4.83. The van der Waals surface area contributed by atoms with E-state index in [4.69, 9.17) is 0 Å². The summed E-state index contributed by atoms with van der Waals surface area (Å²) >= 11 is 0. The van der Waals surface area contributed by atoms with E-state index in [9.17, 15) is 8.42 Å². The highest BCUT2D eigenvalue weighted by molar-refractivity contribution is 7.89. The first-order chi connectivity index (χ1) is 18.2. The number of fused-ring (bicyclic) bond motifs is 2. The molecule has 0 aliphatic carbocycles.